The van der Waals surface area contributed by atoms with Crippen LogP contribution in [-0.2, 0) is 136 Å². The summed E-state index contributed by atoms with van der Waals surface area (Å²) in [5.74, 6) is -3.45. The summed E-state index contributed by atoms with van der Waals surface area (Å²) < 4.78 is 109. The quantitative estimate of drug-likeness (QED) is 0.0112. The predicted molar refractivity (Wildman–Crippen MR) is 398 cm³/mol. The second-order valence-corrected chi connectivity index (χ2v) is 27.5. The zero-order valence-corrected chi connectivity index (χ0v) is 62.2. The molecule has 5 aliphatic heterocycles. The molecule has 0 radical (unpaired) electrons. The number of nitrogens with one attached hydrogen (secondary N) is 1. The summed E-state index contributed by atoms with van der Waals surface area (Å²) in [4.78, 5) is 48.0. The first kappa shape index (κ1) is 84.9. The number of alkyl carbamates (subject to hydrolysis) is 1. The van der Waals surface area contributed by atoms with E-state index in [1.807, 2.05) is 36.4 Å². The predicted octanol–water partition coefficient (Wildman–Crippen LogP) is 6.83. The zero-order valence-electron chi connectivity index (χ0n) is 62.2. The van der Waals surface area contributed by atoms with Crippen molar-refractivity contribution in [2.24, 2.45) is 10.2 Å². The number of amides is 1. The highest BCUT2D eigenvalue weighted by Gasteiger charge is 2.60. The number of methoxy groups -OCH3 is 1. The van der Waals surface area contributed by atoms with Crippen molar-refractivity contribution in [3.05, 3.63) is 272 Å². The number of carboxylic acid groups (broad SMARTS) is 2. The lowest BCUT2D eigenvalue weighted by Gasteiger charge is -2.51. The number of aliphatic carboxylic acids is 2. The molecule has 0 saturated carbocycles. The molecule has 12 rings (SSSR count). The summed E-state index contributed by atoms with van der Waals surface area (Å²) in [6, 6.07) is 56.8. The van der Waals surface area contributed by atoms with Gasteiger partial charge < -0.3 is 122 Å². The molecule has 1 amide bonds. The van der Waals surface area contributed by atoms with Gasteiger partial charge in [0.15, 0.2) is 43.7 Å². The highest BCUT2D eigenvalue weighted by atomic mass is 16.8. The van der Waals surface area contributed by atoms with Crippen LogP contribution >= 0.6 is 0 Å². The first-order valence-electron chi connectivity index (χ1n) is 37.2. The fraction of sp³-hybridized carbons (Fsp3) is 0.444. The average Bonchev–Trinajstić information content (AvgIpc) is 0.763. The number of hydrogen-bond donors (Lipinski definition) is 8. The van der Waals surface area contributed by atoms with E-state index >= 15 is 0 Å². The van der Waals surface area contributed by atoms with Crippen LogP contribution in [0.4, 0.5) is 4.79 Å². The highest BCUT2D eigenvalue weighted by Crippen LogP contribution is 2.41. The van der Waals surface area contributed by atoms with Crippen molar-refractivity contribution in [3.8, 4) is 0 Å². The zero-order chi connectivity index (χ0) is 80.6. The van der Waals surface area contributed by atoms with Gasteiger partial charge in [0.2, 0.25) is 0 Å². The Kier molecular flexibility index (Phi) is 31.3. The standard InChI is InChI=1S/C81H91N7O27/c1-99-76-58(84-81(98)106-46-53-35-21-8-22-36-53)65(101-41-48-25-11-3-12-26-48)64(56(39-91)107-76)111-79-61(93)67(103-43-50-29-15-5-16-30-50)69(71(114-79)74(94)95)112-77-57(85-87-82)60(92)62(54(37-89)108-77)110-80-73(105-45-52-33-19-7-20-34-52)68(104-44-51-31-17-6-18-32-51)70(72(115-80)75(96)97)113-78-59(86-88-83)66(102-42-49-27-13-4-14-28-49)63(55(38-90)109-78)100-40-47-23-9-2-10-24-47/h2-36,54-73,76-80,89-93H,37-46H2,1H3,(H,84,98)(H,94,95)(H,96,97)/t54-,55-,56-,57-,58-,59-,60-,61-,62-,63-,64-,65-,66-,67-,68+,69+,70+,71-,72+,73-,76+,77+,78+,79-,80-/m1/s1. The van der Waals surface area contributed by atoms with E-state index in [0.29, 0.717) is 33.4 Å². The Hall–Kier alpha value is -9.47. The number of aliphatic hydroxyl groups excluding tert-OH is 5. The van der Waals surface area contributed by atoms with Crippen LogP contribution in [0.2, 0.25) is 0 Å². The lowest BCUT2D eigenvalue weighted by molar-refractivity contribution is -0.382. The Morgan fingerprint density at radius 2 is 0.696 bits per heavy atom. The van der Waals surface area contributed by atoms with Crippen molar-refractivity contribution < 1.29 is 131 Å². The number of benzene rings is 7. The van der Waals surface area contributed by atoms with Gasteiger partial charge in [0, 0.05) is 16.9 Å². The molecule has 115 heavy (non-hydrogen) atoms. The minimum atomic E-state index is -2.26. The number of rotatable bonds is 37. The molecular weight excluding hydrogens is 1500 g/mol. The number of nitrogens with zero attached hydrogens (tertiary/aromatic N) is 6. The normalized spacial score (nSPS) is 31.3. The molecular formula is C81H91N7O27. The SMILES string of the molecule is CO[C@H]1O[C@H](CO)[C@@H](O[C@@H]2O[C@@H](C(=O)O)[C@@H](O[C@@H]3O[C@H](CO)[C@@H](O[C@@H]4O[C@H](C(=O)O)[C@@H](O[C@@H]5O[C@H](CO)[C@@H](OCc6ccccc6)[C@H](OCc6ccccc6)[C@H]5N=[N+]=[N-])[C@H](OCc5ccccc5)[C@H]4OCc4ccccc4)[C@H](O)[C@H]3N=[N+]=[N-])[C@H](OCc3ccccc3)[C@H]2O)[C@H](OCc2ccccc2)[C@H]1NC(=O)OCc1ccccc1. The van der Waals surface area contributed by atoms with E-state index < -0.39 is 191 Å². The summed E-state index contributed by atoms with van der Waals surface area (Å²) in [5, 5.41) is 92.8. The van der Waals surface area contributed by atoms with Gasteiger partial charge in [-0.1, -0.05) is 223 Å². The molecule has 0 aliphatic carbocycles. The Bertz CT molecular complexity index is 4220. The number of carbonyl (C=O) groups excluding carboxylic acids is 1. The number of aliphatic hydroxyl groups is 5. The Labute approximate surface area is 660 Å². The summed E-state index contributed by atoms with van der Waals surface area (Å²) in [5.41, 5.74) is 25.1. The van der Waals surface area contributed by atoms with Crippen LogP contribution in [0.15, 0.2) is 223 Å². The van der Waals surface area contributed by atoms with E-state index in [4.69, 9.17) is 80.5 Å². The van der Waals surface area contributed by atoms with Crippen LogP contribution in [0.1, 0.15) is 38.9 Å². The molecule has 0 aromatic heterocycles. The van der Waals surface area contributed by atoms with E-state index in [9.17, 15) is 61.2 Å². The summed E-state index contributed by atoms with van der Waals surface area (Å²) in [6.07, 6.45) is -39.9. The van der Waals surface area contributed by atoms with Crippen LogP contribution in [0.25, 0.3) is 20.9 Å². The van der Waals surface area contributed by atoms with Gasteiger partial charge in [-0.25, -0.2) is 14.4 Å². The van der Waals surface area contributed by atoms with Gasteiger partial charge in [-0.3, -0.25) is 0 Å². The molecule has 5 aliphatic rings. The Morgan fingerprint density at radius 1 is 0.365 bits per heavy atom. The molecule has 0 bridgehead atoms. The van der Waals surface area contributed by atoms with Crippen LogP contribution in [0.3, 0.4) is 0 Å². The Balaban J connectivity index is 0.852. The van der Waals surface area contributed by atoms with Crippen molar-refractivity contribution in [1.29, 1.82) is 0 Å². The van der Waals surface area contributed by atoms with Gasteiger partial charge in [0.25, 0.3) is 0 Å². The van der Waals surface area contributed by atoms with E-state index in [1.54, 1.807) is 176 Å². The molecule has 5 fully saturated rings. The maximum absolute atomic E-state index is 14.2. The number of carbonyl (C=O) groups is 3. The van der Waals surface area contributed by atoms with Crippen molar-refractivity contribution in [3.63, 3.8) is 0 Å². The summed E-state index contributed by atoms with van der Waals surface area (Å²) in [7, 11) is 1.29. The van der Waals surface area contributed by atoms with Gasteiger partial charge in [-0.2, -0.15) is 0 Å². The molecule has 0 unspecified atom stereocenters. The molecule has 34 heteroatoms. The van der Waals surface area contributed by atoms with E-state index in [-0.39, 0.29) is 46.2 Å². The first-order chi connectivity index (χ1) is 56.2. The Morgan fingerprint density at radius 3 is 1.12 bits per heavy atom. The van der Waals surface area contributed by atoms with Crippen molar-refractivity contribution in [2.45, 2.75) is 200 Å². The number of azide groups is 2. The van der Waals surface area contributed by atoms with Gasteiger partial charge in [0.05, 0.1) is 65.6 Å². The van der Waals surface area contributed by atoms with E-state index in [1.165, 1.54) is 7.11 Å². The van der Waals surface area contributed by atoms with E-state index in [2.05, 4.69) is 25.4 Å². The fourth-order valence-corrected chi connectivity index (χ4v) is 14.2. The molecule has 34 nitrogen and oxygen atoms in total. The summed E-state index contributed by atoms with van der Waals surface area (Å²) >= 11 is 0. The van der Waals surface area contributed by atoms with Gasteiger partial charge >= 0.3 is 18.0 Å². The molecule has 5 heterocycles. The minimum Gasteiger partial charge on any atom is -0.479 e. The number of hydrogen-bond acceptors (Lipinski definition) is 27. The van der Waals surface area contributed by atoms with Gasteiger partial charge in [-0.05, 0) is 50.0 Å². The number of ether oxygens (including phenoxy) is 17. The lowest BCUT2D eigenvalue weighted by Crippen LogP contribution is -2.69. The maximum Gasteiger partial charge on any atom is 0.407 e. The third-order valence-electron chi connectivity index (χ3n) is 19.9. The van der Waals surface area contributed by atoms with E-state index in [0.717, 1.165) is 5.56 Å². The van der Waals surface area contributed by atoms with Gasteiger partial charge in [0.1, 0.15) is 110 Å². The van der Waals surface area contributed by atoms with Crippen LogP contribution in [0, 0.1) is 0 Å². The molecule has 7 aromatic carbocycles. The second-order valence-electron chi connectivity index (χ2n) is 27.5. The third kappa shape index (κ3) is 22.0. The van der Waals surface area contributed by atoms with Gasteiger partial charge in [-0.15, -0.1) is 0 Å². The third-order valence-corrected chi connectivity index (χ3v) is 19.9. The largest absolute Gasteiger partial charge is 0.479 e. The monoisotopic (exact) mass is 1590 g/mol. The van der Waals surface area contributed by atoms with Crippen LogP contribution < -0.4 is 5.32 Å². The minimum absolute atomic E-state index is 0.0177. The molecule has 7 aromatic rings. The fourth-order valence-electron chi connectivity index (χ4n) is 14.2. The highest BCUT2D eigenvalue weighted by molar-refractivity contribution is 5.74. The molecule has 0 spiro atoms. The number of carboxylic acids is 2. The average molecular weight is 1590 g/mol. The van der Waals surface area contributed by atoms with Crippen molar-refractivity contribution >= 4 is 18.0 Å². The van der Waals surface area contributed by atoms with Crippen LogP contribution in [0.5, 0.6) is 0 Å². The molecule has 25 atom stereocenters. The lowest BCUT2D eigenvalue weighted by atomic mass is 9.93. The summed E-state index contributed by atoms with van der Waals surface area (Å²) in [6.45, 7) is -3.88. The van der Waals surface area contributed by atoms with Crippen LogP contribution in [-0.4, -0.2) is 234 Å². The molecule has 8 N–H and O–H groups in total. The van der Waals surface area contributed by atoms with Crippen molar-refractivity contribution in [2.75, 3.05) is 26.9 Å². The smallest absolute Gasteiger partial charge is 0.407 e. The topological polar surface area (TPSA) is 459 Å². The van der Waals surface area contributed by atoms with Crippen molar-refractivity contribution in [1.82, 2.24) is 5.32 Å². The first-order valence-corrected chi connectivity index (χ1v) is 37.2. The molecule has 612 valence electrons. The second kappa shape index (κ2) is 42.4. The molecule has 5 saturated heterocycles. The maximum atomic E-state index is 14.2.